The molecule has 1 amide bonds. The molecule has 2 unspecified atom stereocenters. The minimum Gasteiger partial charge on any atom is -0.497 e. The van der Waals surface area contributed by atoms with Gasteiger partial charge in [-0.2, -0.15) is 0 Å². The first-order chi connectivity index (χ1) is 19.8. The summed E-state index contributed by atoms with van der Waals surface area (Å²) in [5.41, 5.74) is 2.24. The molecule has 0 saturated heterocycles. The van der Waals surface area contributed by atoms with Gasteiger partial charge in [0.2, 0.25) is 0 Å². The van der Waals surface area contributed by atoms with Crippen LogP contribution in [0.4, 0.5) is 5.69 Å². The second-order valence-electron chi connectivity index (χ2n) is 10.2. The van der Waals surface area contributed by atoms with E-state index >= 15 is 0 Å². The van der Waals surface area contributed by atoms with E-state index in [-0.39, 0.29) is 11.8 Å². The van der Waals surface area contributed by atoms with E-state index in [1.807, 2.05) is 31.2 Å². The minimum absolute atomic E-state index is 0.0143. The number of aryl methyl sites for hydroxylation is 1. The molecule has 8 heteroatoms. The Bertz CT molecular complexity index is 1690. The summed E-state index contributed by atoms with van der Waals surface area (Å²) in [7, 11) is 4.73. The van der Waals surface area contributed by atoms with Crippen LogP contribution in [0.25, 0.3) is 22.1 Å². The number of carbonyl (C=O) groups is 1. The van der Waals surface area contributed by atoms with Crippen LogP contribution in [0.3, 0.4) is 0 Å². The highest BCUT2D eigenvalue weighted by Gasteiger charge is 2.22. The largest absolute Gasteiger partial charge is 0.497 e. The standard InChI is InChI=1S/C33H33NO7/c1-19-8-6-11-25(14-19)40-31-20(2)30-23(18-29(31)39-5)17-27(33(36)41-30)34-32(35)22-12-13-28(38-4)26(16-22)21-9-7-10-24(15-21)37-3/h6-7,9-13,15-19,25H,8,14H2,1-5H3,(H,34,35). The Morgan fingerprint density at radius 1 is 0.976 bits per heavy atom. The van der Waals surface area contributed by atoms with Gasteiger partial charge in [-0.25, -0.2) is 4.79 Å². The molecule has 8 nitrogen and oxygen atoms in total. The first-order valence-electron chi connectivity index (χ1n) is 13.4. The summed E-state index contributed by atoms with van der Waals surface area (Å²) < 4.78 is 28.5. The Morgan fingerprint density at radius 3 is 2.51 bits per heavy atom. The smallest absolute Gasteiger partial charge is 0.360 e. The number of ether oxygens (including phenoxy) is 4. The van der Waals surface area contributed by atoms with Gasteiger partial charge < -0.3 is 28.7 Å². The Morgan fingerprint density at radius 2 is 1.78 bits per heavy atom. The Labute approximate surface area is 238 Å². The number of methoxy groups -OCH3 is 3. The van der Waals surface area contributed by atoms with Crippen molar-refractivity contribution >= 4 is 22.6 Å². The maximum atomic E-state index is 13.3. The van der Waals surface area contributed by atoms with E-state index in [2.05, 4.69) is 24.4 Å². The lowest BCUT2D eigenvalue weighted by atomic mass is 9.94. The number of hydrogen-bond acceptors (Lipinski definition) is 7. The van der Waals surface area contributed by atoms with Crippen molar-refractivity contribution in [2.45, 2.75) is 32.8 Å². The molecular weight excluding hydrogens is 522 g/mol. The Kier molecular flexibility index (Phi) is 8.01. The monoisotopic (exact) mass is 555 g/mol. The number of benzene rings is 3. The number of fused-ring (bicyclic) bond motifs is 1. The number of anilines is 1. The average molecular weight is 556 g/mol. The molecule has 0 saturated carbocycles. The lowest BCUT2D eigenvalue weighted by Gasteiger charge is -2.25. The van der Waals surface area contributed by atoms with E-state index < -0.39 is 11.5 Å². The van der Waals surface area contributed by atoms with Gasteiger partial charge in [-0.1, -0.05) is 25.1 Å². The van der Waals surface area contributed by atoms with Crippen LogP contribution in [0.15, 0.2) is 76.0 Å². The molecule has 1 aromatic heterocycles. The zero-order valence-corrected chi connectivity index (χ0v) is 23.8. The van der Waals surface area contributed by atoms with Gasteiger partial charge in [0.15, 0.2) is 11.5 Å². The summed E-state index contributed by atoms with van der Waals surface area (Å²) in [5, 5.41) is 3.31. The van der Waals surface area contributed by atoms with E-state index in [1.54, 1.807) is 51.7 Å². The number of amides is 1. The number of nitrogens with one attached hydrogen (secondary N) is 1. The second kappa shape index (κ2) is 11.8. The molecule has 5 rings (SSSR count). The molecule has 1 aliphatic carbocycles. The van der Waals surface area contributed by atoms with E-state index in [0.717, 1.165) is 18.4 Å². The zero-order valence-electron chi connectivity index (χ0n) is 23.8. The van der Waals surface area contributed by atoms with E-state index in [0.29, 0.717) is 56.6 Å². The maximum Gasteiger partial charge on any atom is 0.360 e. The van der Waals surface area contributed by atoms with Gasteiger partial charge in [-0.3, -0.25) is 4.79 Å². The molecule has 4 aromatic rings. The molecule has 0 bridgehead atoms. The fraction of sp³-hybridized carbons (Fsp3) is 0.273. The van der Waals surface area contributed by atoms with Crippen LogP contribution in [0.1, 0.15) is 35.7 Å². The van der Waals surface area contributed by atoms with Crippen LogP contribution in [-0.4, -0.2) is 33.3 Å². The summed E-state index contributed by atoms with van der Waals surface area (Å²) in [6, 6.07) is 15.9. The fourth-order valence-electron chi connectivity index (χ4n) is 5.10. The number of carbonyl (C=O) groups excluding carboxylic acids is 1. The van der Waals surface area contributed by atoms with Gasteiger partial charge in [0, 0.05) is 22.1 Å². The van der Waals surface area contributed by atoms with Gasteiger partial charge in [0.05, 0.1) is 21.3 Å². The third kappa shape index (κ3) is 5.77. The molecule has 0 fully saturated rings. The van der Waals surface area contributed by atoms with E-state index in [9.17, 15) is 9.59 Å². The molecule has 0 aliphatic heterocycles. The van der Waals surface area contributed by atoms with Crippen LogP contribution in [0.2, 0.25) is 0 Å². The topological polar surface area (TPSA) is 96.2 Å². The highest BCUT2D eigenvalue weighted by atomic mass is 16.5. The lowest BCUT2D eigenvalue weighted by Crippen LogP contribution is -2.21. The highest BCUT2D eigenvalue weighted by molar-refractivity contribution is 6.06. The third-order valence-corrected chi connectivity index (χ3v) is 7.27. The van der Waals surface area contributed by atoms with Crippen LogP contribution < -0.4 is 29.9 Å². The molecule has 212 valence electrons. The first kappa shape index (κ1) is 27.8. The van der Waals surface area contributed by atoms with Crippen molar-refractivity contribution in [3.8, 4) is 34.1 Å². The number of allylic oxidation sites excluding steroid dienone is 1. The van der Waals surface area contributed by atoms with Crippen LogP contribution in [-0.2, 0) is 0 Å². The molecule has 41 heavy (non-hydrogen) atoms. The predicted octanol–water partition coefficient (Wildman–Crippen LogP) is 6.78. The van der Waals surface area contributed by atoms with E-state index in [4.69, 9.17) is 23.4 Å². The molecule has 1 N–H and O–H groups in total. The quantitative estimate of drug-likeness (QED) is 0.189. The van der Waals surface area contributed by atoms with Gasteiger partial charge in [-0.15, -0.1) is 0 Å². The van der Waals surface area contributed by atoms with E-state index in [1.165, 1.54) is 0 Å². The van der Waals surface area contributed by atoms with Gasteiger partial charge in [0.1, 0.15) is 28.9 Å². The van der Waals surface area contributed by atoms with Crippen molar-refractivity contribution in [2.24, 2.45) is 5.92 Å². The van der Waals surface area contributed by atoms with Gasteiger partial charge >= 0.3 is 5.63 Å². The molecule has 3 aromatic carbocycles. The number of rotatable bonds is 8. The predicted molar refractivity (Wildman–Crippen MR) is 159 cm³/mol. The van der Waals surface area contributed by atoms with Crippen LogP contribution in [0.5, 0.6) is 23.0 Å². The molecule has 0 spiro atoms. The SMILES string of the molecule is COc1cccc(-c2cc(C(=O)Nc3cc4cc(OC)c(OC5C=CCC(C)C5)c(C)c4oc3=O)ccc2OC)c1. The fourth-order valence-corrected chi connectivity index (χ4v) is 5.10. The van der Waals surface area contributed by atoms with Crippen molar-refractivity contribution < 1.29 is 28.2 Å². The van der Waals surface area contributed by atoms with Crippen molar-refractivity contribution in [1.82, 2.24) is 0 Å². The second-order valence-corrected chi connectivity index (χ2v) is 10.2. The normalized spacial score (nSPS) is 16.3. The summed E-state index contributed by atoms with van der Waals surface area (Å²) >= 11 is 0. The zero-order chi connectivity index (χ0) is 29.1. The summed E-state index contributed by atoms with van der Waals surface area (Å²) in [6.45, 7) is 4.01. The van der Waals surface area contributed by atoms with Gasteiger partial charge in [-0.05, 0) is 79.8 Å². The molecular formula is C33H33NO7. The molecule has 0 radical (unpaired) electrons. The summed E-state index contributed by atoms with van der Waals surface area (Å²) in [5.74, 6) is 2.37. The van der Waals surface area contributed by atoms with Gasteiger partial charge in [0.25, 0.3) is 5.91 Å². The summed E-state index contributed by atoms with van der Waals surface area (Å²) in [6.07, 6.45) is 5.99. The van der Waals surface area contributed by atoms with Crippen molar-refractivity contribution in [3.63, 3.8) is 0 Å². The van der Waals surface area contributed by atoms with Crippen molar-refractivity contribution in [3.05, 3.63) is 88.3 Å². The highest BCUT2D eigenvalue weighted by Crippen LogP contribution is 2.39. The average Bonchev–Trinajstić information content (AvgIpc) is 2.99. The summed E-state index contributed by atoms with van der Waals surface area (Å²) in [4.78, 5) is 26.3. The molecule has 2 atom stereocenters. The maximum absolute atomic E-state index is 13.3. The van der Waals surface area contributed by atoms with Crippen LogP contribution >= 0.6 is 0 Å². The first-order valence-corrected chi connectivity index (χ1v) is 13.4. The molecule has 1 aliphatic rings. The van der Waals surface area contributed by atoms with Crippen molar-refractivity contribution in [1.29, 1.82) is 0 Å². The minimum atomic E-state index is -0.669. The Balaban J connectivity index is 1.46. The molecule has 1 heterocycles. The lowest BCUT2D eigenvalue weighted by molar-refractivity contribution is 0.102. The third-order valence-electron chi connectivity index (χ3n) is 7.27. The number of hydrogen-bond donors (Lipinski definition) is 1. The Hall–Kier alpha value is -4.72. The van der Waals surface area contributed by atoms with Crippen LogP contribution in [0, 0.1) is 12.8 Å². The van der Waals surface area contributed by atoms with Crippen molar-refractivity contribution in [2.75, 3.05) is 26.6 Å².